The Morgan fingerprint density at radius 3 is 2.41 bits per heavy atom. The van der Waals surface area contributed by atoms with Crippen molar-refractivity contribution >= 4 is 44.5 Å². The van der Waals surface area contributed by atoms with Gasteiger partial charge in [0.15, 0.2) is 0 Å². The van der Waals surface area contributed by atoms with Gasteiger partial charge in [-0.05, 0) is 60.3 Å². The zero-order valence-electron chi connectivity index (χ0n) is 17.5. The molecule has 1 aromatic heterocycles. The minimum absolute atomic E-state index is 0.0811. The van der Waals surface area contributed by atoms with Gasteiger partial charge in [-0.3, -0.25) is 9.59 Å². The van der Waals surface area contributed by atoms with E-state index in [1.54, 1.807) is 29.5 Å². The van der Waals surface area contributed by atoms with Gasteiger partial charge in [0.05, 0.1) is 17.7 Å². The van der Waals surface area contributed by atoms with Gasteiger partial charge >= 0.3 is 0 Å². The highest BCUT2D eigenvalue weighted by Gasteiger charge is 2.15. The van der Waals surface area contributed by atoms with Crippen LogP contribution in [0.1, 0.15) is 22.2 Å². The number of carbonyl (C=O) groups is 2. The SMILES string of the molecule is COc1ccc(NC(=O)c2ccc(S(=O)(=O)NCCc3cccs3)cc2)cc1NC(C)=O. The summed E-state index contributed by atoms with van der Waals surface area (Å²) in [5.41, 5.74) is 1.17. The highest BCUT2D eigenvalue weighted by atomic mass is 32.2. The van der Waals surface area contributed by atoms with Crippen LogP contribution in [0.5, 0.6) is 5.75 Å². The first-order chi connectivity index (χ1) is 15.3. The van der Waals surface area contributed by atoms with Gasteiger partial charge < -0.3 is 15.4 Å². The first-order valence-corrected chi connectivity index (χ1v) is 12.0. The number of sulfonamides is 1. The van der Waals surface area contributed by atoms with Crippen LogP contribution in [0.4, 0.5) is 11.4 Å². The van der Waals surface area contributed by atoms with Gasteiger partial charge in [-0.1, -0.05) is 6.07 Å². The Hall–Kier alpha value is -3.21. The van der Waals surface area contributed by atoms with Crippen LogP contribution in [-0.2, 0) is 21.2 Å². The Bertz CT molecular complexity index is 1190. The molecule has 3 aromatic rings. The van der Waals surface area contributed by atoms with E-state index in [1.807, 2.05) is 17.5 Å². The summed E-state index contributed by atoms with van der Waals surface area (Å²) in [5, 5.41) is 7.31. The zero-order valence-corrected chi connectivity index (χ0v) is 19.2. The quantitative estimate of drug-likeness (QED) is 0.440. The predicted molar refractivity (Wildman–Crippen MR) is 125 cm³/mol. The van der Waals surface area contributed by atoms with Crippen LogP contribution in [0.25, 0.3) is 0 Å². The third-order valence-corrected chi connectivity index (χ3v) is 6.85. The third kappa shape index (κ3) is 6.16. The highest BCUT2D eigenvalue weighted by Crippen LogP contribution is 2.28. The van der Waals surface area contributed by atoms with E-state index in [1.165, 1.54) is 38.3 Å². The Morgan fingerprint density at radius 2 is 1.78 bits per heavy atom. The average Bonchev–Trinajstić information content (AvgIpc) is 3.27. The molecule has 3 rings (SSSR count). The lowest BCUT2D eigenvalue weighted by atomic mass is 10.2. The molecule has 8 nitrogen and oxygen atoms in total. The second-order valence-corrected chi connectivity index (χ2v) is 9.60. The standard InChI is InChI=1S/C22H23N3O5S2/c1-15(26)24-20-14-17(7-10-21(20)30-2)25-22(27)16-5-8-19(9-6-16)32(28,29)23-12-11-18-4-3-13-31-18/h3-10,13-14,23H,11-12H2,1-2H3,(H,24,26)(H,25,27). The molecule has 0 bridgehead atoms. The first kappa shape index (κ1) is 23.5. The summed E-state index contributed by atoms with van der Waals surface area (Å²) in [6, 6.07) is 14.4. The van der Waals surface area contributed by atoms with Crippen LogP contribution in [0.15, 0.2) is 64.9 Å². The van der Waals surface area contributed by atoms with Crippen molar-refractivity contribution in [3.8, 4) is 5.75 Å². The van der Waals surface area contributed by atoms with Gasteiger partial charge in [0.2, 0.25) is 15.9 Å². The molecule has 32 heavy (non-hydrogen) atoms. The van der Waals surface area contributed by atoms with E-state index in [0.29, 0.717) is 35.7 Å². The minimum atomic E-state index is -3.67. The Morgan fingerprint density at radius 1 is 1.03 bits per heavy atom. The van der Waals surface area contributed by atoms with Crippen LogP contribution >= 0.6 is 11.3 Å². The lowest BCUT2D eigenvalue weighted by molar-refractivity contribution is -0.114. The molecule has 10 heteroatoms. The number of thiophene rings is 1. The minimum Gasteiger partial charge on any atom is -0.495 e. The van der Waals surface area contributed by atoms with Crippen LogP contribution in [0, 0.1) is 0 Å². The van der Waals surface area contributed by atoms with Crippen molar-refractivity contribution in [2.24, 2.45) is 0 Å². The number of ether oxygens (including phenoxy) is 1. The molecule has 0 saturated heterocycles. The molecular formula is C22H23N3O5S2. The summed E-state index contributed by atoms with van der Waals surface area (Å²) in [6.45, 7) is 1.66. The molecule has 2 aromatic carbocycles. The van der Waals surface area contributed by atoms with Crippen molar-refractivity contribution in [1.82, 2.24) is 4.72 Å². The Balaban J connectivity index is 1.65. The van der Waals surface area contributed by atoms with E-state index in [2.05, 4.69) is 15.4 Å². The van der Waals surface area contributed by atoms with E-state index >= 15 is 0 Å². The molecule has 168 valence electrons. The van der Waals surface area contributed by atoms with Crippen molar-refractivity contribution in [2.75, 3.05) is 24.3 Å². The summed E-state index contributed by atoms with van der Waals surface area (Å²) in [6.07, 6.45) is 0.611. The highest BCUT2D eigenvalue weighted by molar-refractivity contribution is 7.89. The molecule has 0 atom stereocenters. The van der Waals surface area contributed by atoms with Crippen molar-refractivity contribution in [3.05, 3.63) is 70.4 Å². The number of hydrogen-bond acceptors (Lipinski definition) is 6. The topological polar surface area (TPSA) is 114 Å². The normalized spacial score (nSPS) is 11.1. The van der Waals surface area contributed by atoms with Gasteiger partial charge in [-0.15, -0.1) is 11.3 Å². The fourth-order valence-electron chi connectivity index (χ4n) is 2.91. The van der Waals surface area contributed by atoms with Gasteiger partial charge in [0.1, 0.15) is 5.75 Å². The summed E-state index contributed by atoms with van der Waals surface area (Å²) >= 11 is 1.57. The van der Waals surface area contributed by atoms with E-state index in [4.69, 9.17) is 4.74 Å². The maximum atomic E-state index is 12.6. The average molecular weight is 474 g/mol. The molecule has 0 aliphatic rings. The predicted octanol–water partition coefficient (Wildman–Crippen LogP) is 3.49. The van der Waals surface area contributed by atoms with Crippen molar-refractivity contribution in [3.63, 3.8) is 0 Å². The largest absolute Gasteiger partial charge is 0.495 e. The summed E-state index contributed by atoms with van der Waals surface area (Å²) in [5.74, 6) is -0.231. The van der Waals surface area contributed by atoms with E-state index < -0.39 is 15.9 Å². The number of anilines is 2. The molecule has 2 amide bonds. The number of rotatable bonds is 9. The molecule has 0 fully saturated rings. The maximum Gasteiger partial charge on any atom is 0.255 e. The first-order valence-electron chi connectivity index (χ1n) is 9.67. The lowest BCUT2D eigenvalue weighted by Gasteiger charge is -2.12. The third-order valence-electron chi connectivity index (χ3n) is 4.44. The number of hydrogen-bond donors (Lipinski definition) is 3. The summed E-state index contributed by atoms with van der Waals surface area (Å²) < 4.78 is 32.7. The Labute approximate surface area is 190 Å². The summed E-state index contributed by atoms with van der Waals surface area (Å²) in [4.78, 5) is 25.1. The van der Waals surface area contributed by atoms with Gasteiger partial charge in [0.25, 0.3) is 5.91 Å². The fraction of sp³-hybridized carbons (Fsp3) is 0.182. The van der Waals surface area contributed by atoms with Crippen molar-refractivity contribution in [2.45, 2.75) is 18.2 Å². The maximum absolute atomic E-state index is 12.6. The molecule has 0 saturated carbocycles. The molecule has 0 spiro atoms. The molecule has 0 radical (unpaired) electrons. The van der Waals surface area contributed by atoms with Crippen LogP contribution in [0.3, 0.4) is 0 Å². The fourth-order valence-corrected chi connectivity index (χ4v) is 4.65. The second-order valence-electron chi connectivity index (χ2n) is 6.80. The number of amides is 2. The molecule has 3 N–H and O–H groups in total. The van der Waals surface area contributed by atoms with E-state index in [9.17, 15) is 18.0 Å². The molecule has 1 heterocycles. The molecule has 0 unspecified atom stereocenters. The van der Waals surface area contributed by atoms with E-state index in [0.717, 1.165) is 4.88 Å². The smallest absolute Gasteiger partial charge is 0.255 e. The van der Waals surface area contributed by atoms with Crippen LogP contribution in [0.2, 0.25) is 0 Å². The number of benzene rings is 2. The molecule has 0 aliphatic carbocycles. The molecule has 0 aliphatic heterocycles. The number of methoxy groups -OCH3 is 1. The van der Waals surface area contributed by atoms with Crippen LogP contribution < -0.4 is 20.1 Å². The zero-order chi connectivity index (χ0) is 23.1. The van der Waals surface area contributed by atoms with E-state index in [-0.39, 0.29) is 10.8 Å². The van der Waals surface area contributed by atoms with Gasteiger partial charge in [0, 0.05) is 29.6 Å². The number of carbonyl (C=O) groups excluding carboxylic acids is 2. The second kappa shape index (κ2) is 10.4. The van der Waals surface area contributed by atoms with Gasteiger partial charge in [-0.2, -0.15) is 0 Å². The summed E-state index contributed by atoms with van der Waals surface area (Å²) in [7, 11) is -2.19. The Kier molecular flexibility index (Phi) is 7.62. The van der Waals surface area contributed by atoms with Crippen molar-refractivity contribution < 1.29 is 22.7 Å². The molecular weight excluding hydrogens is 450 g/mol. The lowest BCUT2D eigenvalue weighted by Crippen LogP contribution is -2.26. The monoisotopic (exact) mass is 473 g/mol. The number of nitrogens with one attached hydrogen (secondary N) is 3. The van der Waals surface area contributed by atoms with Crippen LogP contribution in [-0.4, -0.2) is 33.9 Å². The van der Waals surface area contributed by atoms with Crippen molar-refractivity contribution in [1.29, 1.82) is 0 Å². The van der Waals surface area contributed by atoms with Gasteiger partial charge in [-0.25, -0.2) is 13.1 Å².